The number of likely N-dealkylation sites (tertiary alicyclic amines) is 1. The number of nitrogens with zero attached hydrogens (tertiary/aromatic N) is 5. The number of fused-ring (bicyclic) bond motifs is 1. The van der Waals surface area contributed by atoms with E-state index in [1.54, 1.807) is 12.1 Å². The topological polar surface area (TPSA) is 27.5 Å². The summed E-state index contributed by atoms with van der Waals surface area (Å²) in [5.41, 5.74) is 4.05. The van der Waals surface area contributed by atoms with Gasteiger partial charge in [0.2, 0.25) is 0 Å². The Morgan fingerprint density at radius 2 is 1.74 bits per heavy atom. The molecule has 1 aromatic carbocycles. The number of rotatable bonds is 4. The van der Waals surface area contributed by atoms with Crippen LogP contribution in [-0.2, 0) is 19.5 Å². The molecule has 0 amide bonds. The van der Waals surface area contributed by atoms with E-state index in [0.29, 0.717) is 6.04 Å². The first kappa shape index (κ1) is 17.2. The van der Waals surface area contributed by atoms with Gasteiger partial charge in [-0.1, -0.05) is 0 Å². The van der Waals surface area contributed by atoms with Gasteiger partial charge in [-0.05, 0) is 43.5 Å². The van der Waals surface area contributed by atoms with Crippen LogP contribution in [-0.4, -0.2) is 64.9 Å². The number of aryl methyl sites for hydroxylation is 1. The highest BCUT2D eigenvalue weighted by molar-refractivity contribution is 5.46. The lowest BCUT2D eigenvalue weighted by atomic mass is 10.0. The van der Waals surface area contributed by atoms with Crippen LogP contribution in [0.25, 0.3) is 0 Å². The molecule has 3 aliphatic rings. The van der Waals surface area contributed by atoms with Crippen molar-refractivity contribution in [3.8, 4) is 0 Å². The number of hydrogen-bond donors (Lipinski definition) is 0. The van der Waals surface area contributed by atoms with Gasteiger partial charge in [0.1, 0.15) is 5.82 Å². The second-order valence-corrected chi connectivity index (χ2v) is 8.14. The first-order valence-corrected chi connectivity index (χ1v) is 10.3. The average molecular weight is 369 g/mol. The summed E-state index contributed by atoms with van der Waals surface area (Å²) in [7, 11) is 0. The normalized spacial score (nSPS) is 21.9. The summed E-state index contributed by atoms with van der Waals surface area (Å²) in [4.78, 5) is 7.55. The van der Waals surface area contributed by atoms with Crippen LogP contribution in [0, 0.1) is 5.82 Å². The summed E-state index contributed by atoms with van der Waals surface area (Å²) in [6.45, 7) is 8.73. The zero-order chi connectivity index (χ0) is 18.2. The molecule has 0 saturated carbocycles. The molecular weight excluding hydrogens is 341 g/mol. The molecule has 0 spiro atoms. The van der Waals surface area contributed by atoms with E-state index < -0.39 is 0 Å². The van der Waals surface area contributed by atoms with Gasteiger partial charge in [0.15, 0.2) is 0 Å². The molecule has 4 heterocycles. The zero-order valence-corrected chi connectivity index (χ0v) is 15.9. The van der Waals surface area contributed by atoms with Gasteiger partial charge >= 0.3 is 0 Å². The molecule has 5 nitrogen and oxygen atoms in total. The van der Waals surface area contributed by atoms with Gasteiger partial charge in [-0.15, -0.1) is 0 Å². The molecule has 1 aromatic heterocycles. The first-order valence-electron chi connectivity index (χ1n) is 10.3. The molecule has 144 valence electrons. The summed E-state index contributed by atoms with van der Waals surface area (Å²) < 4.78 is 15.3. The van der Waals surface area contributed by atoms with Crippen molar-refractivity contribution >= 4 is 5.69 Å². The van der Waals surface area contributed by atoms with Gasteiger partial charge in [0.25, 0.3) is 0 Å². The molecule has 0 aliphatic carbocycles. The van der Waals surface area contributed by atoms with Gasteiger partial charge < -0.3 is 4.90 Å². The Morgan fingerprint density at radius 1 is 0.963 bits per heavy atom. The molecule has 0 atom stereocenters. The lowest BCUT2D eigenvalue weighted by Crippen LogP contribution is -2.62. The molecule has 2 saturated heterocycles. The number of halogens is 1. The van der Waals surface area contributed by atoms with Crippen molar-refractivity contribution in [1.82, 2.24) is 19.6 Å². The Balaban J connectivity index is 1.10. The van der Waals surface area contributed by atoms with E-state index in [1.807, 2.05) is 12.1 Å². The summed E-state index contributed by atoms with van der Waals surface area (Å²) in [6.07, 6.45) is 5.86. The zero-order valence-electron chi connectivity index (χ0n) is 15.9. The summed E-state index contributed by atoms with van der Waals surface area (Å²) in [5, 5.41) is 4.57. The van der Waals surface area contributed by atoms with Crippen molar-refractivity contribution in [2.75, 3.05) is 44.2 Å². The molecular formula is C21H28FN5. The maximum Gasteiger partial charge on any atom is 0.123 e. The number of benzene rings is 1. The van der Waals surface area contributed by atoms with Gasteiger partial charge in [0.05, 0.1) is 6.20 Å². The van der Waals surface area contributed by atoms with Gasteiger partial charge in [-0.3, -0.25) is 14.5 Å². The Morgan fingerprint density at radius 3 is 2.52 bits per heavy atom. The Kier molecular flexibility index (Phi) is 4.61. The molecule has 27 heavy (non-hydrogen) atoms. The highest BCUT2D eigenvalue weighted by Gasteiger charge is 2.34. The van der Waals surface area contributed by atoms with Crippen molar-refractivity contribution < 1.29 is 4.39 Å². The van der Waals surface area contributed by atoms with Crippen molar-refractivity contribution in [3.05, 3.63) is 47.5 Å². The minimum Gasteiger partial charge on any atom is -0.369 e. The average Bonchev–Trinajstić information content (AvgIpc) is 3.08. The van der Waals surface area contributed by atoms with Gasteiger partial charge in [-0.25, -0.2) is 4.39 Å². The van der Waals surface area contributed by atoms with E-state index in [0.717, 1.165) is 45.0 Å². The standard InChI is InChI=1S/C21H28FN5/c22-18-4-6-19(7-5-18)25-9-11-26(12-10-25)20-15-24(16-20)14-17-13-23-27-8-2-1-3-21(17)27/h4-7,13,20H,1-3,8-12,14-16H2. The van der Waals surface area contributed by atoms with E-state index >= 15 is 0 Å². The van der Waals surface area contributed by atoms with E-state index in [2.05, 4.69) is 30.7 Å². The van der Waals surface area contributed by atoms with Crippen LogP contribution in [0.2, 0.25) is 0 Å². The number of piperazine rings is 1. The molecule has 6 heteroatoms. The lowest BCUT2D eigenvalue weighted by Gasteiger charge is -2.48. The van der Waals surface area contributed by atoms with Crippen LogP contribution in [0.1, 0.15) is 24.1 Å². The Labute approximate surface area is 160 Å². The Bertz CT molecular complexity index is 772. The third-order valence-electron chi connectivity index (χ3n) is 6.42. The number of aromatic nitrogens is 2. The minimum atomic E-state index is -0.161. The predicted molar refractivity (Wildman–Crippen MR) is 104 cm³/mol. The smallest absolute Gasteiger partial charge is 0.123 e. The van der Waals surface area contributed by atoms with Crippen molar-refractivity contribution in [2.24, 2.45) is 0 Å². The summed E-state index contributed by atoms with van der Waals surface area (Å²) in [5.74, 6) is -0.161. The fourth-order valence-corrected chi connectivity index (χ4v) is 4.76. The SMILES string of the molecule is Fc1ccc(N2CCN(C3CN(Cc4cnn5c4CCCC5)C3)CC2)cc1. The van der Waals surface area contributed by atoms with E-state index in [-0.39, 0.29) is 5.82 Å². The van der Waals surface area contributed by atoms with Crippen LogP contribution in [0.3, 0.4) is 0 Å². The summed E-state index contributed by atoms with van der Waals surface area (Å²) in [6, 6.07) is 7.58. The molecule has 2 fully saturated rings. The van der Waals surface area contributed by atoms with Crippen LogP contribution in [0.4, 0.5) is 10.1 Å². The number of anilines is 1. The molecule has 3 aliphatic heterocycles. The third kappa shape index (κ3) is 3.48. The van der Waals surface area contributed by atoms with Crippen LogP contribution >= 0.6 is 0 Å². The number of hydrogen-bond acceptors (Lipinski definition) is 4. The predicted octanol–water partition coefficient (Wildman–Crippen LogP) is 2.36. The second kappa shape index (κ2) is 7.24. The highest BCUT2D eigenvalue weighted by atomic mass is 19.1. The molecule has 2 aromatic rings. The van der Waals surface area contributed by atoms with Crippen molar-refractivity contribution in [2.45, 2.75) is 38.4 Å². The second-order valence-electron chi connectivity index (χ2n) is 8.14. The fourth-order valence-electron chi connectivity index (χ4n) is 4.76. The van der Waals surface area contributed by atoms with E-state index in [9.17, 15) is 4.39 Å². The third-order valence-corrected chi connectivity index (χ3v) is 6.42. The molecule has 0 N–H and O–H groups in total. The monoisotopic (exact) mass is 369 g/mol. The lowest BCUT2D eigenvalue weighted by molar-refractivity contribution is 0.0254. The van der Waals surface area contributed by atoms with Crippen LogP contribution < -0.4 is 4.90 Å². The van der Waals surface area contributed by atoms with Gasteiger partial charge in [-0.2, -0.15) is 5.10 Å². The van der Waals surface area contributed by atoms with Crippen LogP contribution in [0.5, 0.6) is 0 Å². The van der Waals surface area contributed by atoms with E-state index in [4.69, 9.17) is 0 Å². The van der Waals surface area contributed by atoms with Crippen molar-refractivity contribution in [3.63, 3.8) is 0 Å². The highest BCUT2D eigenvalue weighted by Crippen LogP contribution is 2.24. The quantitative estimate of drug-likeness (QED) is 0.827. The molecule has 5 rings (SSSR count). The first-order chi connectivity index (χ1) is 13.3. The van der Waals surface area contributed by atoms with E-state index in [1.165, 1.54) is 43.6 Å². The Hall–Kier alpha value is -1.92. The maximum absolute atomic E-state index is 13.1. The van der Waals surface area contributed by atoms with Crippen molar-refractivity contribution in [1.29, 1.82) is 0 Å². The van der Waals surface area contributed by atoms with Gasteiger partial charge in [0, 0.05) is 75.3 Å². The largest absolute Gasteiger partial charge is 0.369 e. The molecule has 0 radical (unpaired) electrons. The molecule has 0 unspecified atom stereocenters. The maximum atomic E-state index is 13.1. The minimum absolute atomic E-state index is 0.161. The summed E-state index contributed by atoms with van der Waals surface area (Å²) >= 11 is 0. The fraction of sp³-hybridized carbons (Fsp3) is 0.571. The molecule has 0 bridgehead atoms. The van der Waals surface area contributed by atoms with Crippen LogP contribution in [0.15, 0.2) is 30.5 Å².